The molecule has 2 N–H and O–H groups in total. The standard InChI is InChI=1S/C14H27FN2O4/c15-4-8-16-5-1-13(2-6-16)21-14(20)3-7-17(9-11-18)10-12-19/h13,18-19H,1-12H2. The maximum atomic E-state index is 12.2. The van der Waals surface area contributed by atoms with E-state index in [0.717, 1.165) is 25.9 Å². The second kappa shape index (κ2) is 10.9. The lowest BCUT2D eigenvalue weighted by molar-refractivity contribution is -0.151. The van der Waals surface area contributed by atoms with Crippen LogP contribution in [0.3, 0.4) is 0 Å². The molecule has 0 atom stereocenters. The number of rotatable bonds is 10. The number of hydrogen-bond acceptors (Lipinski definition) is 6. The first-order chi connectivity index (χ1) is 10.2. The molecule has 0 aromatic rings. The van der Waals surface area contributed by atoms with Gasteiger partial charge in [-0.2, -0.15) is 0 Å². The Hall–Kier alpha value is -0.760. The summed E-state index contributed by atoms with van der Waals surface area (Å²) in [6.07, 6.45) is 1.69. The largest absolute Gasteiger partial charge is 0.462 e. The Morgan fingerprint density at radius 3 is 2.33 bits per heavy atom. The minimum atomic E-state index is -0.337. The van der Waals surface area contributed by atoms with E-state index in [1.807, 2.05) is 9.80 Å². The number of alkyl halides is 1. The van der Waals surface area contributed by atoms with Crippen molar-refractivity contribution in [3.05, 3.63) is 0 Å². The molecule has 0 aromatic carbocycles. The molecule has 0 saturated carbocycles. The van der Waals surface area contributed by atoms with Crippen LogP contribution in [-0.4, -0.2) is 91.2 Å². The number of aliphatic hydroxyl groups is 2. The van der Waals surface area contributed by atoms with Gasteiger partial charge in [-0.05, 0) is 12.8 Å². The predicted molar refractivity (Wildman–Crippen MR) is 76.8 cm³/mol. The second-order valence-electron chi connectivity index (χ2n) is 5.26. The van der Waals surface area contributed by atoms with Crippen molar-refractivity contribution >= 4 is 5.97 Å². The fourth-order valence-electron chi connectivity index (χ4n) is 2.48. The highest BCUT2D eigenvalue weighted by Crippen LogP contribution is 2.14. The highest BCUT2D eigenvalue weighted by Gasteiger charge is 2.22. The Kier molecular flexibility index (Phi) is 9.49. The van der Waals surface area contributed by atoms with Crippen LogP contribution in [0, 0.1) is 0 Å². The summed E-state index contributed by atoms with van der Waals surface area (Å²) < 4.78 is 17.6. The molecule has 0 spiro atoms. The summed E-state index contributed by atoms with van der Waals surface area (Å²) in [5.41, 5.74) is 0. The molecule has 6 nitrogen and oxygen atoms in total. The summed E-state index contributed by atoms with van der Waals surface area (Å²) in [5.74, 6) is -0.250. The van der Waals surface area contributed by atoms with Gasteiger partial charge in [0, 0.05) is 39.3 Å². The molecular formula is C14H27FN2O4. The van der Waals surface area contributed by atoms with Crippen LogP contribution in [0.1, 0.15) is 19.3 Å². The lowest BCUT2D eigenvalue weighted by Gasteiger charge is -2.31. The van der Waals surface area contributed by atoms with Gasteiger partial charge in [-0.3, -0.25) is 9.69 Å². The lowest BCUT2D eigenvalue weighted by atomic mass is 10.1. The Balaban J connectivity index is 2.18. The molecular weight excluding hydrogens is 279 g/mol. The van der Waals surface area contributed by atoms with Crippen molar-refractivity contribution in [1.29, 1.82) is 0 Å². The smallest absolute Gasteiger partial charge is 0.307 e. The Morgan fingerprint density at radius 1 is 1.19 bits per heavy atom. The molecule has 0 amide bonds. The van der Waals surface area contributed by atoms with E-state index in [2.05, 4.69) is 0 Å². The molecule has 0 unspecified atom stereocenters. The Bertz CT molecular complexity index is 280. The normalized spacial score (nSPS) is 17.3. The maximum absolute atomic E-state index is 12.2. The topological polar surface area (TPSA) is 73.2 Å². The molecule has 1 heterocycles. The van der Waals surface area contributed by atoms with E-state index in [4.69, 9.17) is 14.9 Å². The molecule has 21 heavy (non-hydrogen) atoms. The highest BCUT2D eigenvalue weighted by atomic mass is 19.1. The van der Waals surface area contributed by atoms with E-state index >= 15 is 0 Å². The van der Waals surface area contributed by atoms with E-state index < -0.39 is 0 Å². The average molecular weight is 306 g/mol. The van der Waals surface area contributed by atoms with Crippen molar-refractivity contribution in [3.63, 3.8) is 0 Å². The number of halogens is 1. The van der Waals surface area contributed by atoms with E-state index in [1.165, 1.54) is 0 Å². The molecule has 1 aliphatic heterocycles. The SMILES string of the molecule is O=C(CCN(CCO)CCO)OC1CCN(CCF)CC1. The lowest BCUT2D eigenvalue weighted by Crippen LogP contribution is -2.39. The summed E-state index contributed by atoms with van der Waals surface area (Å²) in [6.45, 7) is 3.01. The van der Waals surface area contributed by atoms with Crippen molar-refractivity contribution in [2.45, 2.75) is 25.4 Å². The van der Waals surface area contributed by atoms with Crippen LogP contribution in [0.15, 0.2) is 0 Å². The van der Waals surface area contributed by atoms with Gasteiger partial charge >= 0.3 is 5.97 Å². The summed E-state index contributed by atoms with van der Waals surface area (Å²) in [6, 6.07) is 0. The summed E-state index contributed by atoms with van der Waals surface area (Å²) in [7, 11) is 0. The minimum absolute atomic E-state index is 0.00206. The van der Waals surface area contributed by atoms with Crippen LogP contribution < -0.4 is 0 Å². The second-order valence-corrected chi connectivity index (χ2v) is 5.26. The molecule has 1 saturated heterocycles. The molecule has 124 valence electrons. The number of hydrogen-bond donors (Lipinski definition) is 2. The number of likely N-dealkylation sites (tertiary alicyclic amines) is 1. The van der Waals surface area contributed by atoms with Gasteiger partial charge in [0.05, 0.1) is 19.6 Å². The monoisotopic (exact) mass is 306 g/mol. The van der Waals surface area contributed by atoms with Gasteiger partial charge in [-0.1, -0.05) is 0 Å². The van der Waals surface area contributed by atoms with Gasteiger partial charge in [0.25, 0.3) is 0 Å². The van der Waals surface area contributed by atoms with Gasteiger partial charge in [0.2, 0.25) is 0 Å². The van der Waals surface area contributed by atoms with Gasteiger partial charge < -0.3 is 19.8 Å². The van der Waals surface area contributed by atoms with Crippen molar-refractivity contribution in [1.82, 2.24) is 9.80 Å². The fourth-order valence-corrected chi connectivity index (χ4v) is 2.48. The number of piperidine rings is 1. The van der Waals surface area contributed by atoms with Gasteiger partial charge in [0.1, 0.15) is 12.8 Å². The third-order valence-electron chi connectivity index (χ3n) is 3.70. The molecule has 0 bridgehead atoms. The Labute approximate surface area is 125 Å². The minimum Gasteiger partial charge on any atom is -0.462 e. The van der Waals surface area contributed by atoms with Crippen molar-refractivity contribution in [2.75, 3.05) is 59.2 Å². The number of aliphatic hydroxyl groups excluding tert-OH is 2. The average Bonchev–Trinajstić information content (AvgIpc) is 2.48. The molecule has 1 rings (SSSR count). The zero-order valence-electron chi connectivity index (χ0n) is 12.5. The van der Waals surface area contributed by atoms with Crippen molar-refractivity contribution in [3.8, 4) is 0 Å². The molecule has 1 fully saturated rings. The van der Waals surface area contributed by atoms with E-state index in [1.54, 1.807) is 0 Å². The van der Waals surface area contributed by atoms with E-state index in [0.29, 0.717) is 26.2 Å². The van der Waals surface area contributed by atoms with Crippen LogP contribution in [0.4, 0.5) is 4.39 Å². The zero-order chi connectivity index (χ0) is 15.5. The predicted octanol–water partition coefficient (Wildman–Crippen LogP) is -0.360. The number of carbonyl (C=O) groups is 1. The molecule has 7 heteroatoms. The highest BCUT2D eigenvalue weighted by molar-refractivity contribution is 5.69. The summed E-state index contributed by atoms with van der Waals surface area (Å²) in [4.78, 5) is 15.6. The summed E-state index contributed by atoms with van der Waals surface area (Å²) >= 11 is 0. The maximum Gasteiger partial charge on any atom is 0.307 e. The van der Waals surface area contributed by atoms with Crippen molar-refractivity contribution < 1.29 is 24.1 Å². The van der Waals surface area contributed by atoms with E-state index in [9.17, 15) is 9.18 Å². The number of carbonyl (C=O) groups excluding carboxylic acids is 1. The van der Waals surface area contributed by atoms with E-state index in [-0.39, 0.29) is 38.4 Å². The third kappa shape index (κ3) is 7.71. The quantitative estimate of drug-likeness (QED) is 0.537. The number of ether oxygens (including phenoxy) is 1. The van der Waals surface area contributed by atoms with Crippen LogP contribution >= 0.6 is 0 Å². The Morgan fingerprint density at radius 2 is 1.81 bits per heavy atom. The first kappa shape index (κ1) is 18.3. The molecule has 0 aliphatic carbocycles. The number of nitrogens with zero attached hydrogens (tertiary/aromatic N) is 2. The molecule has 0 radical (unpaired) electrons. The first-order valence-electron chi connectivity index (χ1n) is 7.61. The molecule has 1 aliphatic rings. The van der Waals surface area contributed by atoms with Gasteiger partial charge in [-0.25, -0.2) is 4.39 Å². The number of esters is 1. The van der Waals surface area contributed by atoms with Crippen LogP contribution in [-0.2, 0) is 9.53 Å². The summed E-state index contributed by atoms with van der Waals surface area (Å²) in [5, 5.41) is 17.8. The van der Waals surface area contributed by atoms with Gasteiger partial charge in [0.15, 0.2) is 0 Å². The third-order valence-corrected chi connectivity index (χ3v) is 3.70. The van der Waals surface area contributed by atoms with Crippen LogP contribution in [0.25, 0.3) is 0 Å². The van der Waals surface area contributed by atoms with Crippen LogP contribution in [0.2, 0.25) is 0 Å². The zero-order valence-corrected chi connectivity index (χ0v) is 12.5. The van der Waals surface area contributed by atoms with Crippen LogP contribution in [0.5, 0.6) is 0 Å². The molecule has 0 aromatic heterocycles. The van der Waals surface area contributed by atoms with Crippen molar-refractivity contribution in [2.24, 2.45) is 0 Å². The fraction of sp³-hybridized carbons (Fsp3) is 0.929. The first-order valence-corrected chi connectivity index (χ1v) is 7.61. The van der Waals surface area contributed by atoms with Gasteiger partial charge in [-0.15, -0.1) is 0 Å².